The third kappa shape index (κ3) is 5.11. The molecule has 30 heavy (non-hydrogen) atoms. The van der Waals surface area contributed by atoms with Gasteiger partial charge in [0.05, 0.1) is 5.75 Å². The minimum atomic E-state index is 0.106. The van der Waals surface area contributed by atoms with Crippen LogP contribution in [0.1, 0.15) is 18.5 Å². The van der Waals surface area contributed by atoms with Crippen LogP contribution in [0.5, 0.6) is 0 Å². The molecule has 2 heterocycles. The number of aromatic nitrogens is 2. The first-order chi connectivity index (χ1) is 14.6. The number of hydrogen-bond acceptors (Lipinski definition) is 6. The van der Waals surface area contributed by atoms with Gasteiger partial charge in [0.15, 0.2) is 0 Å². The lowest BCUT2D eigenvalue weighted by molar-refractivity contribution is -0.130. The number of piperazine rings is 1. The number of hydrogen-bond donors (Lipinski definition) is 0. The second kappa shape index (κ2) is 9.76. The molecule has 6 nitrogen and oxygen atoms in total. The molecule has 4 rings (SSSR count). The van der Waals surface area contributed by atoms with Crippen molar-refractivity contribution in [3.05, 3.63) is 64.6 Å². The number of amides is 1. The molecule has 0 saturated carbocycles. The highest BCUT2D eigenvalue weighted by Crippen LogP contribution is 2.26. The number of thioether (sulfide) groups is 1. The first kappa shape index (κ1) is 21.1. The molecule has 0 bridgehead atoms. The molecular formula is C22H23BrN4O2S. The van der Waals surface area contributed by atoms with Gasteiger partial charge < -0.3 is 9.32 Å². The smallest absolute Gasteiger partial charge is 0.277 e. The summed E-state index contributed by atoms with van der Waals surface area (Å²) in [7, 11) is 0. The zero-order chi connectivity index (χ0) is 20.9. The molecule has 1 aliphatic heterocycles. The molecule has 156 valence electrons. The molecule has 0 radical (unpaired) electrons. The van der Waals surface area contributed by atoms with E-state index >= 15 is 0 Å². The van der Waals surface area contributed by atoms with E-state index in [1.54, 1.807) is 0 Å². The minimum Gasteiger partial charge on any atom is -0.411 e. The second-order valence-electron chi connectivity index (χ2n) is 7.18. The van der Waals surface area contributed by atoms with Gasteiger partial charge in [-0.1, -0.05) is 64.1 Å². The van der Waals surface area contributed by atoms with Crippen molar-refractivity contribution in [2.75, 3.05) is 31.9 Å². The monoisotopic (exact) mass is 486 g/mol. The van der Waals surface area contributed by atoms with Gasteiger partial charge in [0.2, 0.25) is 11.8 Å². The Labute approximate surface area is 188 Å². The zero-order valence-electron chi connectivity index (χ0n) is 16.7. The fourth-order valence-electron chi connectivity index (χ4n) is 3.52. The van der Waals surface area contributed by atoms with Crippen LogP contribution in [-0.4, -0.2) is 57.8 Å². The first-order valence-electron chi connectivity index (χ1n) is 9.89. The van der Waals surface area contributed by atoms with E-state index in [2.05, 4.69) is 62.2 Å². The quantitative estimate of drug-likeness (QED) is 0.478. The summed E-state index contributed by atoms with van der Waals surface area (Å²) in [4.78, 5) is 17.0. The molecular weight excluding hydrogens is 464 g/mol. The van der Waals surface area contributed by atoms with E-state index in [4.69, 9.17) is 4.42 Å². The van der Waals surface area contributed by atoms with Crippen LogP contribution in [0.3, 0.4) is 0 Å². The number of carbonyl (C=O) groups is 1. The van der Waals surface area contributed by atoms with E-state index in [1.165, 1.54) is 17.3 Å². The van der Waals surface area contributed by atoms with Crippen LogP contribution < -0.4 is 0 Å². The average molecular weight is 487 g/mol. The SMILES string of the molecule is CC(c1ccccc1)N1CCN(C(=O)CSc2nnc(-c3cccc(Br)c3)o2)CC1. The van der Waals surface area contributed by atoms with E-state index in [0.717, 1.165) is 36.2 Å². The van der Waals surface area contributed by atoms with Crippen molar-refractivity contribution in [3.8, 4) is 11.5 Å². The molecule has 1 aromatic heterocycles. The zero-order valence-corrected chi connectivity index (χ0v) is 19.1. The maximum atomic E-state index is 12.6. The summed E-state index contributed by atoms with van der Waals surface area (Å²) in [6, 6.07) is 18.5. The summed E-state index contributed by atoms with van der Waals surface area (Å²) in [5.74, 6) is 0.859. The first-order valence-corrected chi connectivity index (χ1v) is 11.7. The lowest BCUT2D eigenvalue weighted by Crippen LogP contribution is -2.49. The van der Waals surface area contributed by atoms with Crippen molar-refractivity contribution >= 4 is 33.6 Å². The second-order valence-corrected chi connectivity index (χ2v) is 9.02. The molecule has 3 aromatic rings. The largest absolute Gasteiger partial charge is 0.411 e. The van der Waals surface area contributed by atoms with Crippen LogP contribution in [0.4, 0.5) is 0 Å². The number of carbonyl (C=O) groups excluding carboxylic acids is 1. The van der Waals surface area contributed by atoms with Crippen LogP contribution in [0.15, 0.2) is 68.7 Å². The Morgan fingerprint density at radius 3 is 2.60 bits per heavy atom. The van der Waals surface area contributed by atoms with Gasteiger partial charge in [-0.05, 0) is 30.7 Å². The Kier molecular flexibility index (Phi) is 6.86. The van der Waals surface area contributed by atoms with Crippen molar-refractivity contribution in [2.45, 2.75) is 18.2 Å². The highest BCUT2D eigenvalue weighted by molar-refractivity contribution is 9.10. The molecule has 1 atom stereocenters. The highest BCUT2D eigenvalue weighted by atomic mass is 79.9. The number of benzene rings is 2. The van der Waals surface area contributed by atoms with Crippen molar-refractivity contribution in [1.82, 2.24) is 20.0 Å². The van der Waals surface area contributed by atoms with Crippen LogP contribution in [-0.2, 0) is 4.79 Å². The fourth-order valence-corrected chi connectivity index (χ4v) is 4.59. The lowest BCUT2D eigenvalue weighted by atomic mass is 10.1. The number of nitrogens with zero attached hydrogens (tertiary/aromatic N) is 4. The van der Waals surface area contributed by atoms with Gasteiger partial charge in [0, 0.05) is 42.3 Å². The number of halogens is 1. The summed E-state index contributed by atoms with van der Waals surface area (Å²) in [6.07, 6.45) is 0. The Hall–Kier alpha value is -2.16. The molecule has 1 amide bonds. The lowest BCUT2D eigenvalue weighted by Gasteiger charge is -2.38. The predicted octanol–water partition coefficient (Wildman–Crippen LogP) is 4.50. The Bertz CT molecular complexity index is 990. The standard InChI is InChI=1S/C22H23BrN4O2S/c1-16(17-6-3-2-4-7-17)26-10-12-27(13-11-26)20(28)15-30-22-25-24-21(29-22)18-8-5-9-19(23)14-18/h2-9,14,16H,10-13,15H2,1H3. The van der Waals surface area contributed by atoms with Gasteiger partial charge in [0.25, 0.3) is 5.22 Å². The molecule has 0 spiro atoms. The summed E-state index contributed by atoms with van der Waals surface area (Å²) in [6.45, 7) is 5.45. The molecule has 0 N–H and O–H groups in total. The van der Waals surface area contributed by atoms with E-state index in [9.17, 15) is 4.79 Å². The maximum Gasteiger partial charge on any atom is 0.277 e. The third-order valence-corrected chi connectivity index (χ3v) is 6.59. The minimum absolute atomic E-state index is 0.106. The summed E-state index contributed by atoms with van der Waals surface area (Å²) in [5, 5.41) is 8.56. The molecule has 8 heteroatoms. The van der Waals surface area contributed by atoms with Gasteiger partial charge in [-0.15, -0.1) is 10.2 Å². The van der Waals surface area contributed by atoms with Gasteiger partial charge in [-0.3, -0.25) is 9.69 Å². The normalized spacial score (nSPS) is 15.9. The van der Waals surface area contributed by atoms with E-state index in [1.807, 2.05) is 35.2 Å². The van der Waals surface area contributed by atoms with Gasteiger partial charge in [0.1, 0.15) is 0 Å². The van der Waals surface area contributed by atoms with E-state index in [0.29, 0.717) is 22.9 Å². The van der Waals surface area contributed by atoms with Crippen LogP contribution >= 0.6 is 27.7 Å². The Balaban J connectivity index is 1.26. The van der Waals surface area contributed by atoms with Crippen molar-refractivity contribution in [1.29, 1.82) is 0 Å². The highest BCUT2D eigenvalue weighted by Gasteiger charge is 2.25. The van der Waals surface area contributed by atoms with Crippen LogP contribution in [0, 0.1) is 0 Å². The Morgan fingerprint density at radius 2 is 1.87 bits per heavy atom. The van der Waals surface area contributed by atoms with Crippen molar-refractivity contribution in [2.24, 2.45) is 0 Å². The van der Waals surface area contributed by atoms with Crippen molar-refractivity contribution < 1.29 is 9.21 Å². The molecule has 0 aliphatic carbocycles. The predicted molar refractivity (Wildman–Crippen MR) is 121 cm³/mol. The topological polar surface area (TPSA) is 62.5 Å². The summed E-state index contributed by atoms with van der Waals surface area (Å²) in [5.41, 5.74) is 2.16. The van der Waals surface area contributed by atoms with Gasteiger partial charge >= 0.3 is 0 Å². The van der Waals surface area contributed by atoms with Crippen molar-refractivity contribution in [3.63, 3.8) is 0 Å². The number of rotatable bonds is 6. The molecule has 1 aliphatic rings. The van der Waals surface area contributed by atoms with Gasteiger partial charge in [-0.2, -0.15) is 0 Å². The molecule has 2 aromatic carbocycles. The van der Waals surface area contributed by atoms with Gasteiger partial charge in [-0.25, -0.2) is 0 Å². The molecule has 1 unspecified atom stereocenters. The maximum absolute atomic E-state index is 12.6. The third-order valence-electron chi connectivity index (χ3n) is 5.29. The average Bonchev–Trinajstić information content (AvgIpc) is 3.27. The Morgan fingerprint density at radius 1 is 1.10 bits per heavy atom. The van der Waals surface area contributed by atoms with Crippen LogP contribution in [0.25, 0.3) is 11.5 Å². The molecule has 1 saturated heterocycles. The summed E-state index contributed by atoms with van der Waals surface area (Å²) < 4.78 is 6.65. The summed E-state index contributed by atoms with van der Waals surface area (Å²) >= 11 is 4.73. The fraction of sp³-hybridized carbons (Fsp3) is 0.318. The van der Waals surface area contributed by atoms with E-state index < -0.39 is 0 Å². The molecule has 1 fully saturated rings. The van der Waals surface area contributed by atoms with E-state index in [-0.39, 0.29) is 5.91 Å². The van der Waals surface area contributed by atoms with Crippen LogP contribution in [0.2, 0.25) is 0 Å².